The summed E-state index contributed by atoms with van der Waals surface area (Å²) in [7, 11) is 0. The van der Waals surface area contributed by atoms with Gasteiger partial charge < -0.3 is 10.6 Å². The Kier molecular flexibility index (Phi) is 6.45. The average molecular weight is 261 g/mol. The highest BCUT2D eigenvalue weighted by molar-refractivity contribution is 7.16. The Morgan fingerprint density at radius 3 is 2.88 bits per heavy atom. The van der Waals surface area contributed by atoms with Crippen LogP contribution in [0.1, 0.15) is 18.2 Å². The first kappa shape index (κ1) is 13.5. The summed E-state index contributed by atoms with van der Waals surface area (Å²) in [5.41, 5.74) is 0. The molecule has 0 unspecified atom stereocenters. The lowest BCUT2D eigenvalue weighted by Crippen LogP contribution is -2.29. The van der Waals surface area contributed by atoms with Crippen LogP contribution in [0.25, 0.3) is 0 Å². The molecule has 0 aromatic carbocycles. The molecular weight excluding hydrogens is 244 g/mol. The van der Waals surface area contributed by atoms with E-state index < -0.39 is 0 Å². The maximum absolute atomic E-state index is 11.3. The van der Waals surface area contributed by atoms with E-state index in [4.69, 9.17) is 11.6 Å². The largest absolute Gasteiger partial charge is 0.356 e. The fourth-order valence-corrected chi connectivity index (χ4v) is 2.37. The third-order valence-electron chi connectivity index (χ3n) is 2.10. The molecule has 1 aromatic rings. The van der Waals surface area contributed by atoms with Gasteiger partial charge in [-0.05, 0) is 25.1 Å². The minimum absolute atomic E-state index is 0.101. The van der Waals surface area contributed by atoms with Crippen LogP contribution in [0.4, 0.5) is 0 Å². The van der Waals surface area contributed by atoms with Crippen molar-refractivity contribution in [3.8, 4) is 0 Å². The van der Waals surface area contributed by atoms with Gasteiger partial charge in [-0.3, -0.25) is 4.79 Å². The Labute approximate surface area is 105 Å². The van der Waals surface area contributed by atoms with E-state index >= 15 is 0 Å². The van der Waals surface area contributed by atoms with Gasteiger partial charge in [0, 0.05) is 24.4 Å². The van der Waals surface area contributed by atoms with Gasteiger partial charge in [0.15, 0.2) is 0 Å². The van der Waals surface area contributed by atoms with Crippen molar-refractivity contribution >= 4 is 28.8 Å². The molecule has 0 aliphatic carbocycles. The van der Waals surface area contributed by atoms with Crippen LogP contribution in [-0.4, -0.2) is 25.5 Å². The van der Waals surface area contributed by atoms with Crippen LogP contribution in [0.2, 0.25) is 4.34 Å². The zero-order valence-corrected chi connectivity index (χ0v) is 11.0. The number of nitrogens with one attached hydrogen (secondary N) is 2. The van der Waals surface area contributed by atoms with Gasteiger partial charge in [0.1, 0.15) is 0 Å². The third kappa shape index (κ3) is 5.49. The summed E-state index contributed by atoms with van der Waals surface area (Å²) in [6.07, 6.45) is 1.39. The Balaban J connectivity index is 2.08. The smallest absolute Gasteiger partial charge is 0.221 e. The number of hydrogen-bond acceptors (Lipinski definition) is 3. The number of rotatable bonds is 7. The summed E-state index contributed by atoms with van der Waals surface area (Å²) in [6.45, 7) is 4.36. The summed E-state index contributed by atoms with van der Waals surface area (Å²) >= 11 is 7.37. The quantitative estimate of drug-likeness (QED) is 0.737. The molecule has 16 heavy (non-hydrogen) atoms. The zero-order valence-electron chi connectivity index (χ0n) is 9.38. The standard InChI is InChI=1S/C11H17ClN2OS/c1-2-13-7-6-11(15)14-8-5-9-3-4-10(12)16-9/h3-4,13H,2,5-8H2,1H3,(H,14,15). The SMILES string of the molecule is CCNCCC(=O)NCCc1ccc(Cl)s1. The lowest BCUT2D eigenvalue weighted by atomic mass is 10.3. The van der Waals surface area contributed by atoms with Crippen LogP contribution in [-0.2, 0) is 11.2 Å². The van der Waals surface area contributed by atoms with Crippen molar-refractivity contribution in [2.45, 2.75) is 19.8 Å². The highest BCUT2D eigenvalue weighted by Crippen LogP contribution is 2.21. The monoisotopic (exact) mass is 260 g/mol. The fourth-order valence-electron chi connectivity index (χ4n) is 1.28. The van der Waals surface area contributed by atoms with Crippen LogP contribution < -0.4 is 10.6 Å². The molecular formula is C11H17ClN2OS. The first-order chi connectivity index (χ1) is 7.72. The molecule has 1 heterocycles. The summed E-state index contributed by atoms with van der Waals surface area (Å²) in [5, 5.41) is 6.00. The summed E-state index contributed by atoms with van der Waals surface area (Å²) in [6, 6.07) is 3.88. The van der Waals surface area contributed by atoms with E-state index in [0.29, 0.717) is 13.0 Å². The zero-order chi connectivity index (χ0) is 11.8. The van der Waals surface area contributed by atoms with Crippen molar-refractivity contribution in [1.29, 1.82) is 0 Å². The van der Waals surface area contributed by atoms with Crippen molar-refractivity contribution in [3.63, 3.8) is 0 Å². The number of thiophene rings is 1. The van der Waals surface area contributed by atoms with E-state index in [9.17, 15) is 4.79 Å². The Morgan fingerprint density at radius 1 is 1.44 bits per heavy atom. The minimum atomic E-state index is 0.101. The highest BCUT2D eigenvalue weighted by Gasteiger charge is 2.01. The number of carbonyl (C=O) groups is 1. The van der Waals surface area contributed by atoms with Gasteiger partial charge in [0.05, 0.1) is 4.34 Å². The van der Waals surface area contributed by atoms with E-state index in [1.54, 1.807) is 11.3 Å². The molecule has 3 nitrogen and oxygen atoms in total. The molecule has 0 spiro atoms. The molecule has 0 bridgehead atoms. The minimum Gasteiger partial charge on any atom is -0.356 e. The molecule has 0 saturated carbocycles. The average Bonchev–Trinajstić information content (AvgIpc) is 2.65. The predicted octanol–water partition coefficient (Wildman–Crippen LogP) is 2.06. The molecule has 0 aliphatic heterocycles. The molecule has 0 fully saturated rings. The maximum atomic E-state index is 11.3. The fraction of sp³-hybridized carbons (Fsp3) is 0.545. The number of halogens is 1. The second-order valence-electron chi connectivity index (χ2n) is 3.41. The van der Waals surface area contributed by atoms with Gasteiger partial charge in [-0.25, -0.2) is 0 Å². The Morgan fingerprint density at radius 2 is 2.25 bits per heavy atom. The van der Waals surface area contributed by atoms with Crippen molar-refractivity contribution in [3.05, 3.63) is 21.3 Å². The first-order valence-corrected chi connectivity index (χ1v) is 6.63. The third-order valence-corrected chi connectivity index (χ3v) is 3.39. The molecule has 0 radical (unpaired) electrons. The van der Waals surface area contributed by atoms with Crippen molar-refractivity contribution in [2.24, 2.45) is 0 Å². The summed E-state index contributed by atoms with van der Waals surface area (Å²) < 4.78 is 0.800. The van der Waals surface area contributed by atoms with Gasteiger partial charge >= 0.3 is 0 Å². The van der Waals surface area contributed by atoms with Crippen molar-refractivity contribution in [1.82, 2.24) is 10.6 Å². The van der Waals surface area contributed by atoms with E-state index in [1.807, 2.05) is 19.1 Å². The van der Waals surface area contributed by atoms with Crippen LogP contribution in [0.15, 0.2) is 12.1 Å². The van der Waals surface area contributed by atoms with E-state index in [0.717, 1.165) is 23.8 Å². The molecule has 0 atom stereocenters. The van der Waals surface area contributed by atoms with E-state index in [2.05, 4.69) is 10.6 Å². The number of carbonyl (C=O) groups excluding carboxylic acids is 1. The topological polar surface area (TPSA) is 41.1 Å². The number of amides is 1. The Bertz CT molecular complexity index is 328. The molecule has 0 saturated heterocycles. The first-order valence-electron chi connectivity index (χ1n) is 5.44. The Hall–Kier alpha value is -0.580. The summed E-state index contributed by atoms with van der Waals surface area (Å²) in [5.74, 6) is 0.101. The second-order valence-corrected chi connectivity index (χ2v) is 5.21. The number of hydrogen-bond donors (Lipinski definition) is 2. The normalized spacial score (nSPS) is 10.4. The molecule has 90 valence electrons. The molecule has 2 N–H and O–H groups in total. The van der Waals surface area contributed by atoms with Crippen LogP contribution in [0, 0.1) is 0 Å². The van der Waals surface area contributed by atoms with Crippen LogP contribution >= 0.6 is 22.9 Å². The van der Waals surface area contributed by atoms with Gasteiger partial charge in [0.2, 0.25) is 5.91 Å². The van der Waals surface area contributed by atoms with Gasteiger partial charge in [-0.2, -0.15) is 0 Å². The van der Waals surface area contributed by atoms with E-state index in [1.165, 1.54) is 4.88 Å². The van der Waals surface area contributed by atoms with Gasteiger partial charge in [0.25, 0.3) is 0 Å². The molecule has 0 aliphatic rings. The molecule has 5 heteroatoms. The van der Waals surface area contributed by atoms with E-state index in [-0.39, 0.29) is 5.91 Å². The lowest BCUT2D eigenvalue weighted by Gasteiger charge is -2.04. The molecule has 1 amide bonds. The van der Waals surface area contributed by atoms with Gasteiger partial charge in [-0.15, -0.1) is 11.3 Å². The molecule has 1 rings (SSSR count). The van der Waals surface area contributed by atoms with Crippen molar-refractivity contribution < 1.29 is 4.79 Å². The van der Waals surface area contributed by atoms with Gasteiger partial charge in [-0.1, -0.05) is 18.5 Å². The highest BCUT2D eigenvalue weighted by atomic mass is 35.5. The van der Waals surface area contributed by atoms with Crippen LogP contribution in [0.3, 0.4) is 0 Å². The molecule has 1 aromatic heterocycles. The second kappa shape index (κ2) is 7.65. The maximum Gasteiger partial charge on any atom is 0.221 e. The summed E-state index contributed by atoms with van der Waals surface area (Å²) in [4.78, 5) is 12.5. The van der Waals surface area contributed by atoms with Crippen LogP contribution in [0.5, 0.6) is 0 Å². The van der Waals surface area contributed by atoms with Crippen molar-refractivity contribution in [2.75, 3.05) is 19.6 Å². The lowest BCUT2D eigenvalue weighted by molar-refractivity contribution is -0.120. The predicted molar refractivity (Wildman–Crippen MR) is 69.2 cm³/mol.